The van der Waals surface area contributed by atoms with E-state index in [1.807, 2.05) is 55.5 Å². The molecule has 0 saturated heterocycles. The summed E-state index contributed by atoms with van der Waals surface area (Å²) in [6, 6.07) is 17.0. The Morgan fingerprint density at radius 2 is 1.65 bits per heavy atom. The maximum Gasteiger partial charge on any atom is 0.275 e. The van der Waals surface area contributed by atoms with Gasteiger partial charge < -0.3 is 0 Å². The van der Waals surface area contributed by atoms with E-state index >= 15 is 0 Å². The Morgan fingerprint density at radius 3 is 2.30 bits per heavy atom. The molecule has 0 bridgehead atoms. The van der Waals surface area contributed by atoms with Crippen molar-refractivity contribution in [1.29, 1.82) is 0 Å². The van der Waals surface area contributed by atoms with Crippen molar-refractivity contribution in [2.75, 3.05) is 0 Å². The fraction of sp³-hybridized carbons (Fsp3) is 0.118. The van der Waals surface area contributed by atoms with Crippen molar-refractivity contribution in [2.45, 2.75) is 13.5 Å². The van der Waals surface area contributed by atoms with Crippen LogP contribution in [0.2, 0.25) is 0 Å². The Kier molecular flexibility index (Phi) is 4.69. The molecule has 0 aliphatic heterocycles. The van der Waals surface area contributed by atoms with Crippen molar-refractivity contribution in [3.63, 3.8) is 0 Å². The fourth-order valence-corrected chi connectivity index (χ4v) is 1.87. The summed E-state index contributed by atoms with van der Waals surface area (Å²) >= 11 is 0. The highest BCUT2D eigenvalue weighted by molar-refractivity contribution is 5.98. The summed E-state index contributed by atoms with van der Waals surface area (Å²) in [5.74, 6) is -0.264. The summed E-state index contributed by atoms with van der Waals surface area (Å²) in [7, 11) is 0. The number of hydrogen-bond donors (Lipinski definition) is 1. The van der Waals surface area contributed by atoms with Gasteiger partial charge in [0, 0.05) is 5.56 Å². The van der Waals surface area contributed by atoms with Crippen molar-refractivity contribution < 1.29 is 9.63 Å². The molecule has 0 unspecified atom stereocenters. The number of hydroxylamine groups is 1. The maximum atomic E-state index is 12.1. The fourth-order valence-electron chi connectivity index (χ4n) is 1.87. The lowest BCUT2D eigenvalue weighted by Crippen LogP contribution is -2.24. The number of carbonyl (C=O) groups is 1. The number of hydrogen-bond acceptors (Lipinski definition) is 2. The molecule has 0 heterocycles. The van der Waals surface area contributed by atoms with Crippen LogP contribution in [0.3, 0.4) is 0 Å². The maximum absolute atomic E-state index is 12.1. The van der Waals surface area contributed by atoms with Crippen molar-refractivity contribution >= 4 is 11.5 Å². The van der Waals surface area contributed by atoms with E-state index in [0.717, 1.165) is 16.7 Å². The molecule has 20 heavy (non-hydrogen) atoms. The molecule has 2 aromatic rings. The normalized spacial score (nSPS) is 10.1. The zero-order chi connectivity index (χ0) is 14.4. The van der Waals surface area contributed by atoms with Gasteiger partial charge in [0.25, 0.3) is 5.91 Å². The SMILES string of the molecule is C=C(C)c1ccccc1C(=O)NOCc1ccccc1. The minimum atomic E-state index is -0.264. The largest absolute Gasteiger partial charge is 0.275 e. The lowest BCUT2D eigenvalue weighted by atomic mass is 10.0. The second kappa shape index (κ2) is 6.68. The molecule has 0 spiro atoms. The van der Waals surface area contributed by atoms with Gasteiger partial charge in [-0.3, -0.25) is 9.63 Å². The van der Waals surface area contributed by atoms with Crippen LogP contribution in [0.5, 0.6) is 0 Å². The van der Waals surface area contributed by atoms with E-state index in [9.17, 15) is 4.79 Å². The summed E-state index contributed by atoms with van der Waals surface area (Å²) in [4.78, 5) is 17.3. The molecule has 0 fully saturated rings. The van der Waals surface area contributed by atoms with Gasteiger partial charge in [0.1, 0.15) is 0 Å². The van der Waals surface area contributed by atoms with Crippen molar-refractivity contribution in [3.05, 3.63) is 77.9 Å². The minimum absolute atomic E-state index is 0.264. The first-order chi connectivity index (χ1) is 9.68. The second-order valence-electron chi connectivity index (χ2n) is 4.53. The van der Waals surface area contributed by atoms with Crippen molar-refractivity contribution in [2.24, 2.45) is 0 Å². The van der Waals surface area contributed by atoms with Crippen LogP contribution in [0.15, 0.2) is 61.2 Å². The van der Waals surface area contributed by atoms with Gasteiger partial charge >= 0.3 is 0 Å². The standard InChI is InChI=1S/C17H17NO2/c1-13(2)15-10-6-7-11-16(15)17(19)18-20-12-14-8-4-3-5-9-14/h3-11H,1,12H2,2H3,(H,18,19). The van der Waals surface area contributed by atoms with Gasteiger partial charge in [-0.15, -0.1) is 0 Å². The molecule has 2 aromatic carbocycles. The molecule has 1 N–H and O–H groups in total. The second-order valence-corrected chi connectivity index (χ2v) is 4.53. The molecule has 0 aliphatic carbocycles. The third kappa shape index (κ3) is 3.56. The van der Waals surface area contributed by atoms with E-state index in [1.54, 1.807) is 6.07 Å². The zero-order valence-corrected chi connectivity index (χ0v) is 11.4. The first-order valence-electron chi connectivity index (χ1n) is 6.39. The summed E-state index contributed by atoms with van der Waals surface area (Å²) in [5.41, 5.74) is 5.70. The molecule has 0 aromatic heterocycles. The lowest BCUT2D eigenvalue weighted by molar-refractivity contribution is 0.0233. The summed E-state index contributed by atoms with van der Waals surface area (Å²) in [6.45, 7) is 6.08. The van der Waals surface area contributed by atoms with Crippen molar-refractivity contribution in [1.82, 2.24) is 5.48 Å². The molecule has 0 aliphatic rings. The number of carbonyl (C=O) groups excluding carboxylic acids is 1. The number of nitrogens with one attached hydrogen (secondary N) is 1. The number of allylic oxidation sites excluding steroid dienone is 1. The van der Waals surface area contributed by atoms with Gasteiger partial charge in [0.2, 0.25) is 0 Å². The van der Waals surface area contributed by atoms with E-state index in [4.69, 9.17) is 4.84 Å². The molecular formula is C17H17NO2. The van der Waals surface area contributed by atoms with Crippen LogP contribution in [0, 0.1) is 0 Å². The van der Waals surface area contributed by atoms with Crippen LogP contribution >= 0.6 is 0 Å². The monoisotopic (exact) mass is 267 g/mol. The average Bonchev–Trinajstić information content (AvgIpc) is 2.48. The zero-order valence-electron chi connectivity index (χ0n) is 11.4. The Bertz CT molecular complexity index is 605. The summed E-state index contributed by atoms with van der Waals surface area (Å²) < 4.78 is 0. The predicted octanol–water partition coefficient (Wildman–Crippen LogP) is 3.58. The van der Waals surface area contributed by atoms with E-state index < -0.39 is 0 Å². The number of benzene rings is 2. The Balaban J connectivity index is 1.97. The third-order valence-corrected chi connectivity index (χ3v) is 2.88. The highest BCUT2D eigenvalue weighted by Crippen LogP contribution is 2.16. The van der Waals surface area contributed by atoms with E-state index in [2.05, 4.69) is 12.1 Å². The number of rotatable bonds is 5. The summed E-state index contributed by atoms with van der Waals surface area (Å²) in [6.07, 6.45) is 0. The highest BCUT2D eigenvalue weighted by atomic mass is 16.6. The first-order valence-corrected chi connectivity index (χ1v) is 6.39. The smallest absolute Gasteiger partial charge is 0.269 e. The highest BCUT2D eigenvalue weighted by Gasteiger charge is 2.10. The van der Waals surface area contributed by atoms with Gasteiger partial charge in [0.05, 0.1) is 6.61 Å². The van der Waals surface area contributed by atoms with Crippen LogP contribution in [-0.2, 0) is 11.4 Å². The third-order valence-electron chi connectivity index (χ3n) is 2.88. The van der Waals surface area contributed by atoms with Gasteiger partial charge in [0.15, 0.2) is 0 Å². The quantitative estimate of drug-likeness (QED) is 0.841. The Morgan fingerprint density at radius 1 is 1.05 bits per heavy atom. The van der Waals surface area contributed by atoms with Crippen LogP contribution in [0.4, 0.5) is 0 Å². The molecular weight excluding hydrogens is 250 g/mol. The average molecular weight is 267 g/mol. The predicted molar refractivity (Wildman–Crippen MR) is 79.8 cm³/mol. The Hall–Kier alpha value is -2.39. The van der Waals surface area contributed by atoms with E-state index in [-0.39, 0.29) is 5.91 Å². The van der Waals surface area contributed by atoms with E-state index in [1.165, 1.54) is 0 Å². The Labute approximate surface area is 118 Å². The first kappa shape index (κ1) is 14.0. The molecule has 0 saturated carbocycles. The van der Waals surface area contributed by atoms with E-state index in [0.29, 0.717) is 12.2 Å². The van der Waals surface area contributed by atoms with Crippen molar-refractivity contribution in [3.8, 4) is 0 Å². The van der Waals surface area contributed by atoms with Crippen LogP contribution < -0.4 is 5.48 Å². The lowest BCUT2D eigenvalue weighted by Gasteiger charge is -2.10. The minimum Gasteiger partial charge on any atom is -0.269 e. The van der Waals surface area contributed by atoms with Gasteiger partial charge in [-0.2, -0.15) is 0 Å². The van der Waals surface area contributed by atoms with Crippen LogP contribution in [0.1, 0.15) is 28.4 Å². The topological polar surface area (TPSA) is 38.3 Å². The van der Waals surface area contributed by atoms with Gasteiger partial charge in [-0.25, -0.2) is 5.48 Å². The summed E-state index contributed by atoms with van der Waals surface area (Å²) in [5, 5.41) is 0. The molecule has 102 valence electrons. The van der Waals surface area contributed by atoms with Crippen LogP contribution in [0.25, 0.3) is 5.57 Å². The molecule has 0 atom stereocenters. The van der Waals surface area contributed by atoms with Gasteiger partial charge in [-0.1, -0.05) is 60.7 Å². The van der Waals surface area contributed by atoms with Crippen LogP contribution in [-0.4, -0.2) is 5.91 Å². The molecule has 1 amide bonds. The molecule has 3 nitrogen and oxygen atoms in total. The molecule has 3 heteroatoms. The molecule has 2 rings (SSSR count). The number of amides is 1. The van der Waals surface area contributed by atoms with Gasteiger partial charge in [-0.05, 0) is 24.1 Å². The molecule has 0 radical (unpaired) electrons.